The summed E-state index contributed by atoms with van der Waals surface area (Å²) < 4.78 is 41.4. The monoisotopic (exact) mass is 293 g/mol. The topological polar surface area (TPSA) is 63.9 Å². The van der Waals surface area contributed by atoms with Crippen LogP contribution >= 0.6 is 0 Å². The Bertz CT molecular complexity index is 796. The number of nitrogens with zero attached hydrogens (tertiary/aromatic N) is 1. The highest BCUT2D eigenvalue weighted by Gasteiger charge is 2.32. The van der Waals surface area contributed by atoms with E-state index in [0.29, 0.717) is 27.8 Å². The number of hydrogen-bond donors (Lipinski definition) is 2. The first kappa shape index (κ1) is 13.3. The molecule has 3 N–H and O–H groups in total. The molecule has 7 heteroatoms. The van der Waals surface area contributed by atoms with Gasteiger partial charge in [-0.2, -0.15) is 5.10 Å². The average Bonchev–Trinajstić information content (AvgIpc) is 2.79. The standard InChI is InChI=1S/C14H10F3N3O/c15-14(16,17)21-12-4-2-1-3-9(12)8-5-6-11-10(7-8)13(18)20-19-11/h1-7H,(H3,18,19,20). The average molecular weight is 293 g/mol. The van der Waals surface area contributed by atoms with Gasteiger partial charge in [-0.05, 0) is 23.8 Å². The summed E-state index contributed by atoms with van der Waals surface area (Å²) in [4.78, 5) is 0. The van der Waals surface area contributed by atoms with Crippen molar-refractivity contribution in [1.82, 2.24) is 10.2 Å². The van der Waals surface area contributed by atoms with Crippen molar-refractivity contribution in [2.45, 2.75) is 6.36 Å². The third-order valence-corrected chi connectivity index (χ3v) is 3.02. The number of fused-ring (bicyclic) bond motifs is 1. The lowest BCUT2D eigenvalue weighted by molar-refractivity contribution is -0.274. The third kappa shape index (κ3) is 2.62. The number of ether oxygens (including phenoxy) is 1. The van der Waals surface area contributed by atoms with Crippen molar-refractivity contribution in [1.29, 1.82) is 0 Å². The number of hydrogen-bond acceptors (Lipinski definition) is 3. The van der Waals surface area contributed by atoms with Crippen molar-refractivity contribution in [2.75, 3.05) is 5.73 Å². The number of aromatic nitrogens is 2. The van der Waals surface area contributed by atoms with Crippen LogP contribution in [0.25, 0.3) is 22.0 Å². The summed E-state index contributed by atoms with van der Waals surface area (Å²) in [5.74, 6) is 0.0347. The molecule has 4 nitrogen and oxygen atoms in total. The smallest absolute Gasteiger partial charge is 0.405 e. The molecule has 1 heterocycles. The van der Waals surface area contributed by atoms with Crippen LogP contribution in [0.3, 0.4) is 0 Å². The largest absolute Gasteiger partial charge is 0.573 e. The number of alkyl halides is 3. The molecule has 0 fully saturated rings. The van der Waals surface area contributed by atoms with E-state index in [1.807, 2.05) is 0 Å². The number of nitrogens with one attached hydrogen (secondary N) is 1. The van der Waals surface area contributed by atoms with Crippen LogP contribution in [0.1, 0.15) is 0 Å². The molecule has 108 valence electrons. The molecule has 1 aromatic heterocycles. The maximum atomic E-state index is 12.4. The van der Waals surface area contributed by atoms with E-state index in [2.05, 4.69) is 14.9 Å². The minimum atomic E-state index is -4.74. The van der Waals surface area contributed by atoms with Crippen molar-refractivity contribution in [3.8, 4) is 16.9 Å². The number of anilines is 1. The molecule has 2 aromatic carbocycles. The van der Waals surface area contributed by atoms with Gasteiger partial charge in [0, 0.05) is 10.9 Å². The minimum Gasteiger partial charge on any atom is -0.405 e. The van der Waals surface area contributed by atoms with Crippen LogP contribution in [0.2, 0.25) is 0 Å². The van der Waals surface area contributed by atoms with Gasteiger partial charge in [0.15, 0.2) is 5.82 Å². The summed E-state index contributed by atoms with van der Waals surface area (Å²) >= 11 is 0. The SMILES string of the molecule is Nc1n[nH]c2ccc(-c3ccccc3OC(F)(F)F)cc12. The quantitative estimate of drug-likeness (QED) is 0.757. The predicted octanol–water partition coefficient (Wildman–Crippen LogP) is 3.71. The highest BCUT2D eigenvalue weighted by Crippen LogP contribution is 2.35. The Hall–Kier alpha value is -2.70. The van der Waals surface area contributed by atoms with E-state index in [0.717, 1.165) is 0 Å². The van der Waals surface area contributed by atoms with Gasteiger partial charge in [-0.1, -0.05) is 24.3 Å². The summed E-state index contributed by atoms with van der Waals surface area (Å²) in [5, 5.41) is 7.23. The van der Waals surface area contributed by atoms with Crippen molar-refractivity contribution in [2.24, 2.45) is 0 Å². The van der Waals surface area contributed by atoms with Crippen LogP contribution < -0.4 is 10.5 Å². The number of aromatic amines is 1. The maximum absolute atomic E-state index is 12.4. The number of nitrogens with two attached hydrogens (primary N) is 1. The van der Waals surface area contributed by atoms with E-state index in [-0.39, 0.29) is 5.75 Å². The zero-order valence-electron chi connectivity index (χ0n) is 10.6. The molecule has 0 spiro atoms. The Morgan fingerprint density at radius 1 is 1.10 bits per heavy atom. The molecular weight excluding hydrogens is 283 g/mol. The Kier molecular flexibility index (Phi) is 2.97. The number of H-pyrrole nitrogens is 1. The van der Waals surface area contributed by atoms with Gasteiger partial charge in [-0.15, -0.1) is 13.2 Å². The highest BCUT2D eigenvalue weighted by molar-refractivity contribution is 5.92. The van der Waals surface area contributed by atoms with E-state index in [4.69, 9.17) is 5.73 Å². The van der Waals surface area contributed by atoms with Crippen molar-refractivity contribution in [3.63, 3.8) is 0 Å². The van der Waals surface area contributed by atoms with E-state index in [9.17, 15) is 13.2 Å². The van der Waals surface area contributed by atoms with E-state index < -0.39 is 6.36 Å². The lowest BCUT2D eigenvalue weighted by Crippen LogP contribution is -2.17. The molecule has 0 bridgehead atoms. The Morgan fingerprint density at radius 3 is 2.62 bits per heavy atom. The van der Waals surface area contributed by atoms with Gasteiger partial charge in [-0.3, -0.25) is 5.10 Å². The Labute approximate surface area is 117 Å². The molecule has 3 rings (SSSR count). The zero-order chi connectivity index (χ0) is 15.0. The molecule has 0 aliphatic carbocycles. The van der Waals surface area contributed by atoms with E-state index >= 15 is 0 Å². The van der Waals surface area contributed by atoms with Crippen LogP contribution in [-0.2, 0) is 0 Å². The van der Waals surface area contributed by atoms with E-state index in [1.165, 1.54) is 12.1 Å². The fourth-order valence-corrected chi connectivity index (χ4v) is 2.12. The van der Waals surface area contributed by atoms with Crippen LogP contribution in [0.15, 0.2) is 42.5 Å². The molecule has 0 saturated heterocycles. The zero-order valence-corrected chi connectivity index (χ0v) is 10.6. The number of benzene rings is 2. The second kappa shape index (κ2) is 4.69. The first-order valence-electron chi connectivity index (χ1n) is 6.03. The van der Waals surface area contributed by atoms with Gasteiger partial charge in [0.25, 0.3) is 0 Å². The highest BCUT2D eigenvalue weighted by atomic mass is 19.4. The van der Waals surface area contributed by atoms with Gasteiger partial charge >= 0.3 is 6.36 Å². The molecular formula is C14H10F3N3O. The molecule has 0 aliphatic heterocycles. The van der Waals surface area contributed by atoms with Crippen molar-refractivity contribution < 1.29 is 17.9 Å². The molecule has 21 heavy (non-hydrogen) atoms. The second-order valence-corrected chi connectivity index (χ2v) is 4.41. The maximum Gasteiger partial charge on any atom is 0.573 e. The molecule has 0 amide bonds. The summed E-state index contributed by atoms with van der Waals surface area (Å²) in [5.41, 5.74) is 7.32. The predicted molar refractivity (Wildman–Crippen MR) is 72.6 cm³/mol. The fourth-order valence-electron chi connectivity index (χ4n) is 2.12. The first-order chi connectivity index (χ1) is 9.94. The van der Waals surface area contributed by atoms with E-state index in [1.54, 1.807) is 30.3 Å². The number of halogens is 3. The summed E-state index contributed by atoms with van der Waals surface area (Å²) in [6, 6.07) is 11.0. The van der Waals surface area contributed by atoms with Crippen LogP contribution in [-0.4, -0.2) is 16.6 Å². The molecule has 0 aliphatic rings. The molecule has 3 aromatic rings. The Balaban J connectivity index is 2.11. The second-order valence-electron chi connectivity index (χ2n) is 4.41. The summed E-state index contributed by atoms with van der Waals surface area (Å²) in [7, 11) is 0. The van der Waals surface area contributed by atoms with Crippen LogP contribution in [0.4, 0.5) is 19.0 Å². The fraction of sp³-hybridized carbons (Fsp3) is 0.0714. The van der Waals surface area contributed by atoms with Gasteiger partial charge in [0.2, 0.25) is 0 Å². The number of nitrogen functional groups attached to an aromatic ring is 1. The number of rotatable bonds is 2. The van der Waals surface area contributed by atoms with Crippen molar-refractivity contribution in [3.05, 3.63) is 42.5 Å². The third-order valence-electron chi connectivity index (χ3n) is 3.02. The lowest BCUT2D eigenvalue weighted by Gasteiger charge is -2.13. The number of para-hydroxylation sites is 1. The molecule has 0 unspecified atom stereocenters. The van der Waals surface area contributed by atoms with Crippen LogP contribution in [0, 0.1) is 0 Å². The van der Waals surface area contributed by atoms with Crippen molar-refractivity contribution >= 4 is 16.7 Å². The minimum absolute atomic E-state index is 0.258. The first-order valence-corrected chi connectivity index (χ1v) is 6.03. The molecule has 0 atom stereocenters. The Morgan fingerprint density at radius 2 is 1.86 bits per heavy atom. The summed E-state index contributed by atoms with van der Waals surface area (Å²) in [6.45, 7) is 0. The van der Waals surface area contributed by atoms with Gasteiger partial charge in [0.05, 0.1) is 5.52 Å². The lowest BCUT2D eigenvalue weighted by atomic mass is 10.0. The molecule has 0 saturated carbocycles. The summed E-state index contributed by atoms with van der Waals surface area (Å²) in [6.07, 6.45) is -4.74. The molecule has 0 radical (unpaired) electrons. The normalized spacial score (nSPS) is 11.8. The van der Waals surface area contributed by atoms with Crippen LogP contribution in [0.5, 0.6) is 5.75 Å². The van der Waals surface area contributed by atoms with Gasteiger partial charge in [-0.25, -0.2) is 0 Å². The van der Waals surface area contributed by atoms with Gasteiger partial charge < -0.3 is 10.5 Å². The van der Waals surface area contributed by atoms with Gasteiger partial charge in [0.1, 0.15) is 5.75 Å².